The van der Waals surface area contributed by atoms with E-state index in [0.29, 0.717) is 10.6 Å². The Kier molecular flexibility index (Phi) is 5.14. The third-order valence-corrected chi connectivity index (χ3v) is 6.93. The van der Waals surface area contributed by atoms with Crippen molar-refractivity contribution in [1.29, 1.82) is 0 Å². The predicted octanol–water partition coefficient (Wildman–Crippen LogP) is 2.99. The van der Waals surface area contributed by atoms with Crippen LogP contribution in [0.1, 0.15) is 33.8 Å². The Morgan fingerprint density at radius 1 is 1.24 bits per heavy atom. The summed E-state index contributed by atoms with van der Waals surface area (Å²) in [4.78, 5) is 14.5. The summed E-state index contributed by atoms with van der Waals surface area (Å²) in [6.45, 7) is 4.62. The van der Waals surface area contributed by atoms with Gasteiger partial charge in [0.2, 0.25) is 0 Å². The number of carbonyl (C=O) groups is 1. The SMILES string of the molecule is CC1CN(C(=O)c2ccc(C3SCCCS3)cc2)CCN1. The predicted molar refractivity (Wildman–Crippen MR) is 92.1 cm³/mol. The van der Waals surface area contributed by atoms with Crippen molar-refractivity contribution in [3.8, 4) is 0 Å². The molecule has 0 aromatic heterocycles. The van der Waals surface area contributed by atoms with Crippen LogP contribution in [0.25, 0.3) is 0 Å². The number of rotatable bonds is 2. The number of amides is 1. The van der Waals surface area contributed by atoms with Gasteiger partial charge in [0.25, 0.3) is 5.91 Å². The van der Waals surface area contributed by atoms with Gasteiger partial charge in [-0.05, 0) is 42.5 Å². The van der Waals surface area contributed by atoms with Crippen LogP contribution in [-0.4, -0.2) is 48.0 Å². The molecule has 1 unspecified atom stereocenters. The van der Waals surface area contributed by atoms with E-state index in [-0.39, 0.29) is 5.91 Å². The van der Waals surface area contributed by atoms with E-state index in [0.717, 1.165) is 25.2 Å². The van der Waals surface area contributed by atoms with Gasteiger partial charge in [-0.1, -0.05) is 12.1 Å². The van der Waals surface area contributed by atoms with Gasteiger partial charge in [0.1, 0.15) is 0 Å². The average molecular weight is 322 g/mol. The zero-order valence-electron chi connectivity index (χ0n) is 12.4. The van der Waals surface area contributed by atoms with Crippen LogP contribution >= 0.6 is 23.5 Å². The lowest BCUT2D eigenvalue weighted by Crippen LogP contribution is -2.51. The molecule has 21 heavy (non-hydrogen) atoms. The lowest BCUT2D eigenvalue weighted by Gasteiger charge is -2.32. The average Bonchev–Trinajstić information content (AvgIpc) is 2.55. The summed E-state index contributed by atoms with van der Waals surface area (Å²) >= 11 is 4.04. The molecule has 1 amide bonds. The van der Waals surface area contributed by atoms with Gasteiger partial charge in [-0.2, -0.15) is 0 Å². The van der Waals surface area contributed by atoms with Crippen LogP contribution in [0, 0.1) is 0 Å². The lowest BCUT2D eigenvalue weighted by atomic mass is 10.1. The third-order valence-electron chi connectivity index (χ3n) is 3.91. The molecule has 3 rings (SSSR count). The Morgan fingerprint density at radius 3 is 2.62 bits per heavy atom. The molecule has 0 bridgehead atoms. The van der Waals surface area contributed by atoms with Crippen LogP contribution in [0.4, 0.5) is 0 Å². The Bertz CT molecular complexity index is 486. The first-order valence-corrected chi connectivity index (χ1v) is 9.69. The highest BCUT2D eigenvalue weighted by atomic mass is 32.2. The molecule has 5 heteroatoms. The highest BCUT2D eigenvalue weighted by Crippen LogP contribution is 2.43. The molecule has 0 aliphatic carbocycles. The minimum absolute atomic E-state index is 0.166. The fourth-order valence-electron chi connectivity index (χ4n) is 2.76. The number of thioether (sulfide) groups is 2. The standard InChI is InChI=1S/C16H22N2OS2/c1-12-11-18(8-7-17-12)15(19)13-3-5-14(6-4-13)16-20-9-2-10-21-16/h3-6,12,16-17H,2,7-11H2,1H3. The monoisotopic (exact) mass is 322 g/mol. The van der Waals surface area contributed by atoms with Gasteiger partial charge >= 0.3 is 0 Å². The number of hydrogen-bond acceptors (Lipinski definition) is 4. The summed E-state index contributed by atoms with van der Waals surface area (Å²) in [6, 6.07) is 8.65. The number of nitrogens with one attached hydrogen (secondary N) is 1. The second kappa shape index (κ2) is 7.07. The van der Waals surface area contributed by atoms with Gasteiger partial charge in [0.15, 0.2) is 0 Å². The van der Waals surface area contributed by atoms with E-state index in [1.165, 1.54) is 23.5 Å². The quantitative estimate of drug-likeness (QED) is 0.907. The molecule has 3 nitrogen and oxygen atoms in total. The summed E-state index contributed by atoms with van der Waals surface area (Å²) in [6.07, 6.45) is 1.31. The fraction of sp³-hybridized carbons (Fsp3) is 0.562. The molecule has 2 heterocycles. The number of piperazine rings is 1. The third kappa shape index (κ3) is 3.76. The minimum atomic E-state index is 0.166. The molecule has 1 N–H and O–H groups in total. The Morgan fingerprint density at radius 2 is 1.95 bits per heavy atom. The molecule has 1 aromatic rings. The molecule has 1 aromatic carbocycles. The maximum atomic E-state index is 12.5. The van der Waals surface area contributed by atoms with Crippen molar-refractivity contribution in [2.75, 3.05) is 31.1 Å². The first-order chi connectivity index (χ1) is 10.2. The van der Waals surface area contributed by atoms with Crippen LogP contribution in [0.15, 0.2) is 24.3 Å². The highest BCUT2D eigenvalue weighted by molar-refractivity contribution is 8.16. The Labute approximate surface area is 135 Å². The van der Waals surface area contributed by atoms with Crippen LogP contribution in [0.5, 0.6) is 0 Å². The Balaban J connectivity index is 1.67. The minimum Gasteiger partial charge on any atom is -0.336 e. The van der Waals surface area contributed by atoms with Gasteiger partial charge in [0, 0.05) is 31.2 Å². The van der Waals surface area contributed by atoms with E-state index in [2.05, 4.69) is 24.4 Å². The summed E-state index contributed by atoms with van der Waals surface area (Å²) in [5.41, 5.74) is 2.16. The van der Waals surface area contributed by atoms with Crippen molar-refractivity contribution in [2.45, 2.75) is 24.0 Å². The van der Waals surface area contributed by atoms with Crippen LogP contribution in [0.3, 0.4) is 0 Å². The van der Waals surface area contributed by atoms with E-state index in [1.807, 2.05) is 40.6 Å². The topological polar surface area (TPSA) is 32.3 Å². The maximum Gasteiger partial charge on any atom is 0.253 e. The summed E-state index contributed by atoms with van der Waals surface area (Å²) in [7, 11) is 0. The van der Waals surface area contributed by atoms with Crippen molar-refractivity contribution in [3.63, 3.8) is 0 Å². The molecule has 0 saturated carbocycles. The zero-order valence-corrected chi connectivity index (χ0v) is 14.0. The number of nitrogens with zero attached hydrogens (tertiary/aromatic N) is 1. The normalized spacial score (nSPS) is 24.0. The van der Waals surface area contributed by atoms with E-state index in [1.54, 1.807) is 0 Å². The van der Waals surface area contributed by atoms with E-state index in [9.17, 15) is 4.79 Å². The number of benzene rings is 1. The van der Waals surface area contributed by atoms with E-state index < -0.39 is 0 Å². The van der Waals surface area contributed by atoms with Crippen LogP contribution < -0.4 is 5.32 Å². The molecule has 0 radical (unpaired) electrons. The summed E-state index contributed by atoms with van der Waals surface area (Å²) in [5.74, 6) is 2.66. The van der Waals surface area contributed by atoms with Crippen LogP contribution in [0.2, 0.25) is 0 Å². The summed E-state index contributed by atoms with van der Waals surface area (Å²) < 4.78 is 0.544. The highest BCUT2D eigenvalue weighted by Gasteiger charge is 2.22. The maximum absolute atomic E-state index is 12.5. The lowest BCUT2D eigenvalue weighted by molar-refractivity contribution is 0.0709. The summed E-state index contributed by atoms with van der Waals surface area (Å²) in [5, 5.41) is 3.37. The second-order valence-corrected chi connectivity index (χ2v) is 8.38. The smallest absolute Gasteiger partial charge is 0.253 e. The van der Waals surface area contributed by atoms with Gasteiger partial charge in [0.05, 0.1) is 4.58 Å². The van der Waals surface area contributed by atoms with E-state index in [4.69, 9.17) is 0 Å². The van der Waals surface area contributed by atoms with Gasteiger partial charge in [-0.25, -0.2) is 0 Å². The van der Waals surface area contributed by atoms with Gasteiger partial charge in [-0.3, -0.25) is 4.79 Å². The van der Waals surface area contributed by atoms with Crippen molar-refractivity contribution in [3.05, 3.63) is 35.4 Å². The first kappa shape index (κ1) is 15.3. The van der Waals surface area contributed by atoms with Crippen LogP contribution in [-0.2, 0) is 0 Å². The molecule has 2 saturated heterocycles. The van der Waals surface area contributed by atoms with Crippen molar-refractivity contribution in [2.24, 2.45) is 0 Å². The van der Waals surface area contributed by atoms with Gasteiger partial charge < -0.3 is 10.2 Å². The van der Waals surface area contributed by atoms with Gasteiger partial charge in [-0.15, -0.1) is 23.5 Å². The number of carbonyl (C=O) groups excluding carboxylic acids is 1. The van der Waals surface area contributed by atoms with Crippen molar-refractivity contribution >= 4 is 29.4 Å². The molecule has 2 aliphatic heterocycles. The first-order valence-electron chi connectivity index (χ1n) is 7.60. The zero-order chi connectivity index (χ0) is 14.7. The van der Waals surface area contributed by atoms with Crippen molar-refractivity contribution in [1.82, 2.24) is 10.2 Å². The number of hydrogen-bond donors (Lipinski definition) is 1. The molecule has 114 valence electrons. The Hall–Kier alpha value is -0.650. The van der Waals surface area contributed by atoms with Crippen molar-refractivity contribution < 1.29 is 4.79 Å². The molecule has 0 spiro atoms. The van der Waals surface area contributed by atoms with E-state index >= 15 is 0 Å². The molecular formula is C16H22N2OS2. The molecular weight excluding hydrogens is 300 g/mol. The largest absolute Gasteiger partial charge is 0.336 e. The second-order valence-electron chi connectivity index (χ2n) is 5.66. The fourth-order valence-corrected chi connectivity index (χ4v) is 5.66. The molecule has 2 fully saturated rings. The molecule has 2 aliphatic rings. The molecule has 1 atom stereocenters.